The number of nitrogens with one attached hydrogen (secondary N) is 2. The van der Waals surface area contributed by atoms with Crippen molar-refractivity contribution in [2.24, 2.45) is 4.99 Å². The van der Waals surface area contributed by atoms with E-state index < -0.39 is 0 Å². The molecule has 2 aromatic rings. The molecule has 2 rings (SSSR count). The highest BCUT2D eigenvalue weighted by molar-refractivity contribution is 14.0. The van der Waals surface area contributed by atoms with Crippen molar-refractivity contribution < 1.29 is 9.47 Å². The Labute approximate surface area is 173 Å². The maximum atomic E-state index is 5.92. The molecule has 0 fully saturated rings. The van der Waals surface area contributed by atoms with Gasteiger partial charge in [-0.15, -0.1) is 24.0 Å². The van der Waals surface area contributed by atoms with E-state index >= 15 is 0 Å². The second-order valence-corrected chi connectivity index (χ2v) is 5.90. The fourth-order valence-electron chi connectivity index (χ4n) is 2.35. The van der Waals surface area contributed by atoms with Crippen molar-refractivity contribution in [1.29, 1.82) is 0 Å². The van der Waals surface area contributed by atoms with Crippen LogP contribution < -0.4 is 20.1 Å². The SMILES string of the molecule is CN=C(NCc1ccc(OC)cc1)NCC(C)Oc1cccc(C)c1.I. The minimum Gasteiger partial charge on any atom is -0.497 e. The average molecular weight is 469 g/mol. The predicted octanol–water partition coefficient (Wildman–Crippen LogP) is 3.75. The van der Waals surface area contributed by atoms with Gasteiger partial charge in [-0.3, -0.25) is 4.99 Å². The van der Waals surface area contributed by atoms with Crippen LogP contribution in [0.15, 0.2) is 53.5 Å². The fraction of sp³-hybridized carbons (Fsp3) is 0.350. The summed E-state index contributed by atoms with van der Waals surface area (Å²) in [5, 5.41) is 6.58. The molecule has 0 aliphatic heterocycles. The standard InChI is InChI=1S/C20H27N3O2.HI/c1-15-6-5-7-19(12-15)25-16(2)13-22-20(21-3)23-14-17-8-10-18(24-4)11-9-17;/h5-12,16H,13-14H2,1-4H3,(H2,21,22,23);1H. The molecule has 0 amide bonds. The Bertz CT molecular complexity index is 690. The van der Waals surface area contributed by atoms with Crippen molar-refractivity contribution in [3.8, 4) is 11.5 Å². The van der Waals surface area contributed by atoms with Crippen LogP contribution in [-0.4, -0.2) is 32.8 Å². The zero-order valence-corrected chi connectivity index (χ0v) is 18.1. The van der Waals surface area contributed by atoms with Crippen LogP contribution in [-0.2, 0) is 6.54 Å². The van der Waals surface area contributed by atoms with Crippen molar-refractivity contribution in [1.82, 2.24) is 10.6 Å². The molecule has 5 nitrogen and oxygen atoms in total. The molecule has 6 heteroatoms. The molecule has 0 aliphatic rings. The van der Waals surface area contributed by atoms with Gasteiger partial charge in [-0.2, -0.15) is 0 Å². The maximum Gasteiger partial charge on any atom is 0.191 e. The number of aliphatic imine (C=N–C) groups is 1. The number of guanidine groups is 1. The molecule has 0 aliphatic carbocycles. The Hall–Kier alpha value is -1.96. The summed E-state index contributed by atoms with van der Waals surface area (Å²) >= 11 is 0. The van der Waals surface area contributed by atoms with Crippen LogP contribution in [0.5, 0.6) is 11.5 Å². The summed E-state index contributed by atoms with van der Waals surface area (Å²) in [5.74, 6) is 2.49. The van der Waals surface area contributed by atoms with Crippen LogP contribution in [0.4, 0.5) is 0 Å². The largest absolute Gasteiger partial charge is 0.497 e. The number of hydrogen-bond acceptors (Lipinski definition) is 3. The summed E-state index contributed by atoms with van der Waals surface area (Å²) < 4.78 is 11.1. The number of halogens is 1. The number of nitrogens with zero attached hydrogens (tertiary/aromatic N) is 1. The second-order valence-electron chi connectivity index (χ2n) is 5.90. The topological polar surface area (TPSA) is 54.9 Å². The first-order valence-electron chi connectivity index (χ1n) is 8.41. The highest BCUT2D eigenvalue weighted by Gasteiger charge is 2.06. The maximum absolute atomic E-state index is 5.92. The normalized spacial score (nSPS) is 11.9. The highest BCUT2D eigenvalue weighted by atomic mass is 127. The van der Waals surface area contributed by atoms with E-state index in [4.69, 9.17) is 9.47 Å². The van der Waals surface area contributed by atoms with Crippen molar-refractivity contribution in [3.63, 3.8) is 0 Å². The first kappa shape index (κ1) is 22.1. The summed E-state index contributed by atoms with van der Waals surface area (Å²) in [6.45, 7) is 5.44. The molecule has 0 heterocycles. The molecule has 0 saturated carbocycles. The quantitative estimate of drug-likeness (QED) is 0.369. The van der Waals surface area contributed by atoms with Gasteiger partial charge in [0.25, 0.3) is 0 Å². The van der Waals surface area contributed by atoms with Gasteiger partial charge < -0.3 is 20.1 Å². The van der Waals surface area contributed by atoms with Gasteiger partial charge >= 0.3 is 0 Å². The predicted molar refractivity (Wildman–Crippen MR) is 118 cm³/mol. The average Bonchev–Trinajstić information content (AvgIpc) is 2.62. The Kier molecular flexibility index (Phi) is 9.87. The van der Waals surface area contributed by atoms with Gasteiger partial charge in [-0.25, -0.2) is 0 Å². The van der Waals surface area contributed by atoms with Crippen molar-refractivity contribution >= 4 is 29.9 Å². The van der Waals surface area contributed by atoms with E-state index in [1.807, 2.05) is 49.4 Å². The fourth-order valence-corrected chi connectivity index (χ4v) is 2.35. The summed E-state index contributed by atoms with van der Waals surface area (Å²) in [5.41, 5.74) is 2.35. The van der Waals surface area contributed by atoms with E-state index in [1.165, 1.54) is 5.56 Å². The summed E-state index contributed by atoms with van der Waals surface area (Å²) in [4.78, 5) is 4.24. The monoisotopic (exact) mass is 469 g/mol. The molecular formula is C20H28IN3O2. The highest BCUT2D eigenvalue weighted by Crippen LogP contribution is 2.14. The lowest BCUT2D eigenvalue weighted by atomic mass is 10.2. The van der Waals surface area contributed by atoms with Crippen molar-refractivity contribution in [3.05, 3.63) is 59.7 Å². The number of aryl methyl sites for hydroxylation is 1. The number of hydrogen-bond donors (Lipinski definition) is 2. The van der Waals surface area contributed by atoms with Gasteiger partial charge in [0.15, 0.2) is 5.96 Å². The molecule has 2 aromatic carbocycles. The number of rotatable bonds is 7. The van der Waals surface area contributed by atoms with Gasteiger partial charge in [0, 0.05) is 13.6 Å². The first-order chi connectivity index (χ1) is 12.1. The van der Waals surface area contributed by atoms with Crippen LogP contribution in [0.1, 0.15) is 18.1 Å². The Morgan fingerprint density at radius 2 is 1.81 bits per heavy atom. The van der Waals surface area contributed by atoms with Gasteiger partial charge in [0.2, 0.25) is 0 Å². The smallest absolute Gasteiger partial charge is 0.191 e. The summed E-state index contributed by atoms with van der Waals surface area (Å²) in [6, 6.07) is 16.0. The number of benzene rings is 2. The van der Waals surface area contributed by atoms with E-state index in [1.54, 1.807) is 14.2 Å². The lowest BCUT2D eigenvalue weighted by molar-refractivity contribution is 0.223. The van der Waals surface area contributed by atoms with Crippen LogP contribution in [0.3, 0.4) is 0 Å². The second kappa shape index (κ2) is 11.6. The minimum atomic E-state index is 0. The number of ether oxygens (including phenoxy) is 2. The Balaban J connectivity index is 0.00000338. The first-order valence-corrected chi connectivity index (χ1v) is 8.41. The van der Waals surface area contributed by atoms with E-state index in [2.05, 4.69) is 28.6 Å². The molecule has 1 atom stereocenters. The third-order valence-electron chi connectivity index (χ3n) is 3.73. The Morgan fingerprint density at radius 3 is 2.42 bits per heavy atom. The van der Waals surface area contributed by atoms with E-state index in [9.17, 15) is 0 Å². The zero-order valence-electron chi connectivity index (χ0n) is 15.8. The molecule has 1 unspecified atom stereocenters. The van der Waals surface area contributed by atoms with E-state index in [-0.39, 0.29) is 30.1 Å². The summed E-state index contributed by atoms with van der Waals surface area (Å²) in [7, 11) is 3.43. The zero-order chi connectivity index (χ0) is 18.1. The molecule has 26 heavy (non-hydrogen) atoms. The van der Waals surface area contributed by atoms with Crippen LogP contribution in [0.25, 0.3) is 0 Å². The third kappa shape index (κ3) is 7.51. The molecule has 0 spiro atoms. The molecule has 0 radical (unpaired) electrons. The lowest BCUT2D eigenvalue weighted by Crippen LogP contribution is -2.41. The van der Waals surface area contributed by atoms with Crippen LogP contribution in [0, 0.1) is 6.92 Å². The van der Waals surface area contributed by atoms with Crippen LogP contribution >= 0.6 is 24.0 Å². The van der Waals surface area contributed by atoms with Gasteiger partial charge in [0.1, 0.15) is 17.6 Å². The Morgan fingerprint density at radius 1 is 1.08 bits per heavy atom. The van der Waals surface area contributed by atoms with Gasteiger partial charge in [-0.1, -0.05) is 24.3 Å². The number of methoxy groups -OCH3 is 1. The molecule has 142 valence electrons. The molecule has 0 saturated heterocycles. The van der Waals surface area contributed by atoms with Crippen molar-refractivity contribution in [2.75, 3.05) is 20.7 Å². The molecule has 0 bridgehead atoms. The van der Waals surface area contributed by atoms with Crippen molar-refractivity contribution in [2.45, 2.75) is 26.5 Å². The van der Waals surface area contributed by atoms with Gasteiger partial charge in [-0.05, 0) is 49.2 Å². The van der Waals surface area contributed by atoms with E-state index in [0.29, 0.717) is 13.1 Å². The minimum absolute atomic E-state index is 0. The van der Waals surface area contributed by atoms with Crippen LogP contribution in [0.2, 0.25) is 0 Å². The summed E-state index contributed by atoms with van der Waals surface area (Å²) in [6.07, 6.45) is 0.0290. The molecule has 2 N–H and O–H groups in total. The lowest BCUT2D eigenvalue weighted by Gasteiger charge is -2.18. The third-order valence-corrected chi connectivity index (χ3v) is 3.73. The van der Waals surface area contributed by atoms with Gasteiger partial charge in [0.05, 0.1) is 13.7 Å². The van der Waals surface area contributed by atoms with E-state index in [0.717, 1.165) is 23.0 Å². The molecular weight excluding hydrogens is 441 g/mol. The molecule has 0 aromatic heterocycles.